The van der Waals surface area contributed by atoms with Crippen LogP contribution in [0.15, 0.2) is 77.7 Å². The fourth-order valence-corrected chi connectivity index (χ4v) is 5.02. The Labute approximate surface area is 199 Å². The molecule has 3 aromatic rings. The molecule has 0 fully saturated rings. The fourth-order valence-electron chi connectivity index (χ4n) is 3.59. The molecule has 3 aromatic carbocycles. The number of aryl methyl sites for hydroxylation is 2. The molecule has 0 heterocycles. The van der Waals surface area contributed by atoms with Crippen LogP contribution in [0.1, 0.15) is 30.5 Å². The number of nitro benzene ring substituents is 1. The minimum atomic E-state index is -4.15. The molecule has 0 bridgehead atoms. The Bertz CT molecular complexity index is 1280. The number of sulfonamides is 1. The van der Waals surface area contributed by atoms with Crippen molar-refractivity contribution in [1.29, 1.82) is 0 Å². The molecule has 0 aliphatic heterocycles. The third kappa shape index (κ3) is 5.79. The van der Waals surface area contributed by atoms with Crippen molar-refractivity contribution in [1.82, 2.24) is 5.32 Å². The maximum atomic E-state index is 13.4. The molecule has 0 spiro atoms. The highest BCUT2D eigenvalue weighted by atomic mass is 32.2. The Morgan fingerprint density at radius 3 is 2.32 bits per heavy atom. The summed E-state index contributed by atoms with van der Waals surface area (Å²) < 4.78 is 27.7. The standard InChI is InChI=1S/C25H27N3O5S/c1-3-19-13-14-20(4-2)21(15-19)17-26-25(29)18-27(22-9-8-10-23(16-22)28(30)31)34(32,33)24-11-6-5-7-12-24/h5-16H,3-4,17-18H2,1-2H3,(H,26,29). The van der Waals surface area contributed by atoms with E-state index < -0.39 is 27.4 Å². The predicted octanol–water partition coefficient (Wildman–Crippen LogP) is 4.23. The van der Waals surface area contributed by atoms with Crippen LogP contribution in [0.25, 0.3) is 0 Å². The molecule has 0 unspecified atom stereocenters. The number of hydrogen-bond acceptors (Lipinski definition) is 5. The molecular weight excluding hydrogens is 454 g/mol. The Morgan fingerprint density at radius 1 is 0.941 bits per heavy atom. The number of nitrogens with zero attached hydrogens (tertiary/aromatic N) is 2. The Hall–Kier alpha value is -3.72. The second-order valence-electron chi connectivity index (χ2n) is 7.69. The lowest BCUT2D eigenvalue weighted by atomic mass is 10.0. The van der Waals surface area contributed by atoms with Gasteiger partial charge in [-0.1, -0.05) is 56.3 Å². The number of carbonyl (C=O) groups is 1. The van der Waals surface area contributed by atoms with Gasteiger partial charge in [0, 0.05) is 18.7 Å². The minimum absolute atomic E-state index is 0.0155. The van der Waals surface area contributed by atoms with Gasteiger partial charge < -0.3 is 5.32 Å². The summed E-state index contributed by atoms with van der Waals surface area (Å²) in [6.45, 7) is 3.81. The monoisotopic (exact) mass is 481 g/mol. The zero-order chi connectivity index (χ0) is 24.7. The summed E-state index contributed by atoms with van der Waals surface area (Å²) in [6.07, 6.45) is 1.66. The van der Waals surface area contributed by atoms with E-state index >= 15 is 0 Å². The maximum Gasteiger partial charge on any atom is 0.271 e. The quantitative estimate of drug-likeness (QED) is 0.344. The van der Waals surface area contributed by atoms with Gasteiger partial charge >= 0.3 is 0 Å². The SMILES string of the molecule is CCc1ccc(CC)c(CNC(=O)CN(c2cccc([N+](=O)[O-])c2)S(=O)(=O)c2ccccc2)c1. The molecule has 0 aromatic heterocycles. The van der Waals surface area contributed by atoms with Crippen molar-refractivity contribution >= 4 is 27.3 Å². The first kappa shape index (κ1) is 24.9. The second kappa shape index (κ2) is 10.9. The first-order valence-corrected chi connectivity index (χ1v) is 12.4. The van der Waals surface area contributed by atoms with E-state index in [0.717, 1.165) is 39.9 Å². The van der Waals surface area contributed by atoms with Crippen molar-refractivity contribution in [2.45, 2.75) is 38.1 Å². The van der Waals surface area contributed by atoms with Crippen molar-refractivity contribution in [3.8, 4) is 0 Å². The van der Waals surface area contributed by atoms with Gasteiger partial charge in [0.25, 0.3) is 15.7 Å². The predicted molar refractivity (Wildman–Crippen MR) is 131 cm³/mol. The van der Waals surface area contributed by atoms with Crippen LogP contribution >= 0.6 is 0 Å². The van der Waals surface area contributed by atoms with E-state index in [4.69, 9.17) is 0 Å². The minimum Gasteiger partial charge on any atom is -0.350 e. The van der Waals surface area contributed by atoms with Crippen LogP contribution in [0.5, 0.6) is 0 Å². The van der Waals surface area contributed by atoms with Gasteiger partial charge in [0.1, 0.15) is 6.54 Å². The van der Waals surface area contributed by atoms with Gasteiger partial charge in [0.15, 0.2) is 0 Å². The van der Waals surface area contributed by atoms with Crippen LogP contribution in [0.2, 0.25) is 0 Å². The third-order valence-corrected chi connectivity index (χ3v) is 7.27. The second-order valence-corrected chi connectivity index (χ2v) is 9.55. The summed E-state index contributed by atoms with van der Waals surface area (Å²) in [6, 6.07) is 19.0. The summed E-state index contributed by atoms with van der Waals surface area (Å²) in [5.41, 5.74) is 2.99. The molecule has 34 heavy (non-hydrogen) atoms. The molecule has 0 aliphatic rings. The highest BCUT2D eigenvalue weighted by molar-refractivity contribution is 7.92. The first-order chi connectivity index (χ1) is 16.3. The van der Waals surface area contributed by atoms with Crippen LogP contribution in [0, 0.1) is 10.1 Å². The molecule has 3 rings (SSSR count). The smallest absolute Gasteiger partial charge is 0.271 e. The molecule has 1 N–H and O–H groups in total. The molecule has 0 saturated heterocycles. The number of rotatable bonds is 10. The topological polar surface area (TPSA) is 110 Å². The van der Waals surface area contributed by atoms with Gasteiger partial charge in [-0.2, -0.15) is 0 Å². The molecule has 0 atom stereocenters. The zero-order valence-electron chi connectivity index (χ0n) is 19.1. The zero-order valence-corrected chi connectivity index (χ0v) is 19.9. The highest BCUT2D eigenvalue weighted by Gasteiger charge is 2.28. The molecule has 9 heteroatoms. The molecule has 0 saturated carbocycles. The summed E-state index contributed by atoms with van der Waals surface area (Å²) in [4.78, 5) is 23.5. The molecule has 0 aliphatic carbocycles. The lowest BCUT2D eigenvalue weighted by Crippen LogP contribution is -2.40. The van der Waals surface area contributed by atoms with E-state index in [1.54, 1.807) is 18.2 Å². The molecule has 178 valence electrons. The van der Waals surface area contributed by atoms with Gasteiger partial charge in [-0.25, -0.2) is 8.42 Å². The van der Waals surface area contributed by atoms with E-state index in [9.17, 15) is 23.3 Å². The fraction of sp³-hybridized carbons (Fsp3) is 0.240. The lowest BCUT2D eigenvalue weighted by Gasteiger charge is -2.24. The van der Waals surface area contributed by atoms with Crippen molar-refractivity contribution in [2.75, 3.05) is 10.8 Å². The van der Waals surface area contributed by atoms with Crippen LogP contribution in [0.4, 0.5) is 11.4 Å². The van der Waals surface area contributed by atoms with E-state index in [2.05, 4.69) is 18.3 Å². The van der Waals surface area contributed by atoms with Crippen LogP contribution in [-0.4, -0.2) is 25.8 Å². The van der Waals surface area contributed by atoms with Gasteiger partial charge in [-0.05, 0) is 47.7 Å². The number of nitro groups is 1. The summed E-state index contributed by atoms with van der Waals surface area (Å²) in [5.74, 6) is -0.519. The number of carbonyl (C=O) groups excluding carboxylic acids is 1. The maximum absolute atomic E-state index is 13.4. The Balaban J connectivity index is 1.90. The average molecular weight is 482 g/mol. The van der Waals surface area contributed by atoms with E-state index in [1.807, 2.05) is 19.1 Å². The van der Waals surface area contributed by atoms with Crippen molar-refractivity contribution in [3.63, 3.8) is 0 Å². The van der Waals surface area contributed by atoms with Gasteiger partial charge in [0.05, 0.1) is 15.5 Å². The molecule has 1 amide bonds. The number of nitrogens with one attached hydrogen (secondary N) is 1. The highest BCUT2D eigenvalue weighted by Crippen LogP contribution is 2.27. The largest absolute Gasteiger partial charge is 0.350 e. The van der Waals surface area contributed by atoms with Crippen LogP contribution in [-0.2, 0) is 34.2 Å². The lowest BCUT2D eigenvalue weighted by molar-refractivity contribution is -0.384. The third-order valence-electron chi connectivity index (χ3n) is 5.48. The summed E-state index contributed by atoms with van der Waals surface area (Å²) >= 11 is 0. The van der Waals surface area contributed by atoms with Crippen molar-refractivity contribution < 1.29 is 18.1 Å². The molecular formula is C25H27N3O5S. The first-order valence-electron chi connectivity index (χ1n) is 11.0. The van der Waals surface area contributed by atoms with Crippen molar-refractivity contribution in [3.05, 3.63) is 99.6 Å². The van der Waals surface area contributed by atoms with E-state index in [1.165, 1.54) is 30.3 Å². The number of hydrogen-bond donors (Lipinski definition) is 1. The number of benzene rings is 3. The van der Waals surface area contributed by atoms with E-state index in [0.29, 0.717) is 0 Å². The van der Waals surface area contributed by atoms with Gasteiger partial charge in [-0.15, -0.1) is 0 Å². The van der Waals surface area contributed by atoms with Crippen LogP contribution < -0.4 is 9.62 Å². The summed E-state index contributed by atoms with van der Waals surface area (Å²) in [5, 5.41) is 14.1. The van der Waals surface area contributed by atoms with Crippen molar-refractivity contribution in [2.24, 2.45) is 0 Å². The van der Waals surface area contributed by atoms with E-state index in [-0.39, 0.29) is 22.8 Å². The number of anilines is 1. The Morgan fingerprint density at radius 2 is 1.68 bits per heavy atom. The molecule has 0 radical (unpaired) electrons. The van der Waals surface area contributed by atoms with Crippen LogP contribution in [0.3, 0.4) is 0 Å². The number of non-ortho nitro benzene ring substituents is 1. The normalized spacial score (nSPS) is 11.1. The van der Waals surface area contributed by atoms with Gasteiger partial charge in [-0.3, -0.25) is 19.2 Å². The summed E-state index contributed by atoms with van der Waals surface area (Å²) in [7, 11) is -4.15. The van der Waals surface area contributed by atoms with Gasteiger partial charge in [0.2, 0.25) is 5.91 Å². The molecule has 8 nitrogen and oxygen atoms in total. The number of amides is 1. The Kier molecular flexibility index (Phi) is 8.01. The average Bonchev–Trinajstić information content (AvgIpc) is 2.86.